The van der Waals surface area contributed by atoms with Crippen molar-refractivity contribution in [3.63, 3.8) is 0 Å². The Morgan fingerprint density at radius 2 is 1.80 bits per heavy atom. The highest BCUT2D eigenvalue weighted by Crippen LogP contribution is 2.24. The fourth-order valence-electron chi connectivity index (χ4n) is 3.36. The summed E-state index contributed by atoms with van der Waals surface area (Å²) in [7, 11) is 0. The zero-order valence-corrected chi connectivity index (χ0v) is 12.4. The Labute approximate surface area is 121 Å². The molecule has 3 rings (SSSR count). The zero-order valence-electron chi connectivity index (χ0n) is 12.4. The minimum atomic E-state index is 0.853. The van der Waals surface area contributed by atoms with Gasteiger partial charge in [0.25, 0.3) is 0 Å². The number of fused-ring (bicyclic) bond motifs is 1. The second-order valence-electron chi connectivity index (χ2n) is 5.89. The number of anilines is 1. The van der Waals surface area contributed by atoms with E-state index in [-0.39, 0.29) is 0 Å². The number of hydrogen-bond acceptors (Lipinski definition) is 2. The maximum absolute atomic E-state index is 5.94. The summed E-state index contributed by atoms with van der Waals surface area (Å²) in [6.07, 6.45) is 5.48. The lowest BCUT2D eigenvalue weighted by Crippen LogP contribution is -2.25. The Hall–Kier alpha value is -1.48. The van der Waals surface area contributed by atoms with Gasteiger partial charge in [-0.05, 0) is 51.1 Å². The highest BCUT2D eigenvalue weighted by Gasteiger charge is 2.13. The summed E-state index contributed by atoms with van der Waals surface area (Å²) < 4.78 is 2.41. The number of hydrogen-bond donors (Lipinski definition) is 1. The average molecular weight is 271 g/mol. The van der Waals surface area contributed by atoms with E-state index in [4.69, 9.17) is 5.73 Å². The van der Waals surface area contributed by atoms with Crippen LogP contribution in [0, 0.1) is 0 Å². The number of rotatable bonds is 3. The van der Waals surface area contributed by atoms with Gasteiger partial charge < -0.3 is 10.3 Å². The highest BCUT2D eigenvalue weighted by atomic mass is 15.1. The van der Waals surface area contributed by atoms with Gasteiger partial charge in [-0.2, -0.15) is 0 Å². The Morgan fingerprint density at radius 3 is 2.50 bits per heavy atom. The van der Waals surface area contributed by atoms with Gasteiger partial charge in [-0.15, -0.1) is 0 Å². The van der Waals surface area contributed by atoms with Crippen LogP contribution >= 0.6 is 0 Å². The molecular weight excluding hydrogens is 246 g/mol. The molecule has 0 saturated carbocycles. The summed E-state index contributed by atoms with van der Waals surface area (Å²) in [5.74, 6) is 0. The van der Waals surface area contributed by atoms with Crippen molar-refractivity contribution < 1.29 is 0 Å². The van der Waals surface area contributed by atoms with Crippen LogP contribution in [0.2, 0.25) is 0 Å². The van der Waals surface area contributed by atoms with Crippen molar-refractivity contribution in [2.75, 3.05) is 18.8 Å². The van der Waals surface area contributed by atoms with Crippen LogP contribution in [-0.4, -0.2) is 22.6 Å². The molecule has 1 aliphatic rings. The van der Waals surface area contributed by atoms with Crippen LogP contribution in [-0.2, 0) is 13.1 Å². The van der Waals surface area contributed by atoms with Crippen LogP contribution in [0.3, 0.4) is 0 Å². The number of aromatic nitrogens is 1. The molecule has 0 bridgehead atoms. The first-order valence-electron chi connectivity index (χ1n) is 7.88. The number of likely N-dealkylation sites (tertiary alicyclic amines) is 1. The zero-order chi connectivity index (χ0) is 13.9. The molecule has 3 heteroatoms. The monoisotopic (exact) mass is 271 g/mol. The van der Waals surface area contributed by atoms with E-state index in [1.54, 1.807) is 0 Å². The lowest BCUT2D eigenvalue weighted by molar-refractivity contribution is 0.270. The molecule has 2 heterocycles. The van der Waals surface area contributed by atoms with Crippen LogP contribution in [0.1, 0.15) is 38.3 Å². The smallest absolute Gasteiger partial charge is 0.0503 e. The summed E-state index contributed by atoms with van der Waals surface area (Å²) in [6.45, 7) is 6.79. The van der Waals surface area contributed by atoms with Gasteiger partial charge in [0.15, 0.2) is 0 Å². The molecule has 0 aliphatic carbocycles. The normalized spacial score (nSPS) is 17.4. The van der Waals surface area contributed by atoms with E-state index >= 15 is 0 Å². The van der Waals surface area contributed by atoms with Crippen LogP contribution in [0.25, 0.3) is 10.9 Å². The predicted molar refractivity (Wildman–Crippen MR) is 85.8 cm³/mol. The molecule has 1 aromatic carbocycles. The van der Waals surface area contributed by atoms with Gasteiger partial charge in [0.05, 0.1) is 5.52 Å². The van der Waals surface area contributed by atoms with E-state index in [0.717, 1.165) is 18.8 Å². The summed E-state index contributed by atoms with van der Waals surface area (Å²) in [6, 6.07) is 8.58. The number of nitrogens with two attached hydrogens (primary N) is 1. The van der Waals surface area contributed by atoms with E-state index in [9.17, 15) is 0 Å². The Kier molecular flexibility index (Phi) is 3.97. The molecule has 1 saturated heterocycles. The number of aryl methyl sites for hydroxylation is 1. The van der Waals surface area contributed by atoms with E-state index in [0.29, 0.717) is 0 Å². The molecular formula is C17H25N3. The molecule has 0 spiro atoms. The summed E-state index contributed by atoms with van der Waals surface area (Å²) in [5, 5.41) is 1.31. The van der Waals surface area contributed by atoms with E-state index in [1.807, 2.05) is 6.07 Å². The molecule has 20 heavy (non-hydrogen) atoms. The second-order valence-corrected chi connectivity index (χ2v) is 5.89. The number of benzene rings is 1. The highest BCUT2D eigenvalue weighted by molar-refractivity contribution is 5.84. The van der Waals surface area contributed by atoms with Crippen molar-refractivity contribution in [1.29, 1.82) is 0 Å². The molecule has 0 radical (unpaired) electrons. The molecule has 0 atom stereocenters. The van der Waals surface area contributed by atoms with Crippen molar-refractivity contribution in [1.82, 2.24) is 9.47 Å². The van der Waals surface area contributed by atoms with Crippen LogP contribution in [0.15, 0.2) is 24.3 Å². The van der Waals surface area contributed by atoms with E-state index < -0.39 is 0 Å². The summed E-state index contributed by atoms with van der Waals surface area (Å²) >= 11 is 0. The standard InChI is InChI=1S/C17H25N3/c1-2-20-16(13-19-9-5-3-4-6-10-19)11-14-7-8-15(18)12-17(14)20/h7-8,11-12H,2-6,9-10,13,18H2,1H3. The van der Waals surface area contributed by atoms with Gasteiger partial charge >= 0.3 is 0 Å². The van der Waals surface area contributed by atoms with E-state index in [2.05, 4.69) is 34.6 Å². The van der Waals surface area contributed by atoms with Gasteiger partial charge in [0.1, 0.15) is 0 Å². The van der Waals surface area contributed by atoms with Crippen molar-refractivity contribution in [2.45, 2.75) is 45.7 Å². The van der Waals surface area contributed by atoms with Crippen LogP contribution in [0.4, 0.5) is 5.69 Å². The Morgan fingerprint density at radius 1 is 1.05 bits per heavy atom. The molecule has 1 aliphatic heterocycles. The van der Waals surface area contributed by atoms with Gasteiger partial charge in [0, 0.05) is 29.9 Å². The van der Waals surface area contributed by atoms with Crippen molar-refractivity contribution >= 4 is 16.6 Å². The molecule has 1 fully saturated rings. The quantitative estimate of drug-likeness (QED) is 0.865. The van der Waals surface area contributed by atoms with Crippen LogP contribution in [0.5, 0.6) is 0 Å². The topological polar surface area (TPSA) is 34.2 Å². The number of nitrogens with zero attached hydrogens (tertiary/aromatic N) is 2. The Balaban J connectivity index is 1.90. The van der Waals surface area contributed by atoms with Gasteiger partial charge in [-0.25, -0.2) is 0 Å². The minimum absolute atomic E-state index is 0.853. The van der Waals surface area contributed by atoms with Gasteiger partial charge in [-0.3, -0.25) is 4.90 Å². The van der Waals surface area contributed by atoms with E-state index in [1.165, 1.54) is 55.4 Å². The third kappa shape index (κ3) is 2.68. The SMILES string of the molecule is CCn1c(CN2CCCCCC2)cc2ccc(N)cc21. The lowest BCUT2D eigenvalue weighted by Gasteiger charge is -2.20. The second kappa shape index (κ2) is 5.88. The third-order valence-electron chi connectivity index (χ3n) is 4.41. The average Bonchev–Trinajstić information content (AvgIpc) is 2.61. The summed E-state index contributed by atoms with van der Waals surface area (Å²) in [5.41, 5.74) is 9.49. The maximum Gasteiger partial charge on any atom is 0.0503 e. The first-order chi connectivity index (χ1) is 9.78. The van der Waals surface area contributed by atoms with Crippen LogP contribution < -0.4 is 5.73 Å². The van der Waals surface area contributed by atoms with Gasteiger partial charge in [0.2, 0.25) is 0 Å². The molecule has 0 unspecified atom stereocenters. The fraction of sp³-hybridized carbons (Fsp3) is 0.529. The van der Waals surface area contributed by atoms with Crippen molar-refractivity contribution in [3.05, 3.63) is 30.0 Å². The molecule has 2 N–H and O–H groups in total. The molecule has 3 nitrogen and oxygen atoms in total. The fourth-order valence-corrected chi connectivity index (χ4v) is 3.36. The molecule has 1 aromatic heterocycles. The molecule has 108 valence electrons. The van der Waals surface area contributed by atoms with Crippen molar-refractivity contribution in [3.8, 4) is 0 Å². The Bertz CT molecular complexity index is 577. The largest absolute Gasteiger partial charge is 0.399 e. The summed E-state index contributed by atoms with van der Waals surface area (Å²) in [4.78, 5) is 2.61. The minimum Gasteiger partial charge on any atom is -0.399 e. The van der Waals surface area contributed by atoms with Gasteiger partial charge in [-0.1, -0.05) is 18.9 Å². The molecule has 0 amide bonds. The lowest BCUT2D eigenvalue weighted by atomic mass is 10.2. The first kappa shape index (κ1) is 13.5. The molecule has 2 aromatic rings. The third-order valence-corrected chi connectivity index (χ3v) is 4.41. The first-order valence-corrected chi connectivity index (χ1v) is 7.88. The predicted octanol–water partition coefficient (Wildman–Crippen LogP) is 3.62. The maximum atomic E-state index is 5.94. The van der Waals surface area contributed by atoms with Crippen molar-refractivity contribution in [2.24, 2.45) is 0 Å². The number of nitrogen functional groups attached to an aromatic ring is 1.